The number of piperazine rings is 1. The highest BCUT2D eigenvalue weighted by Gasteiger charge is 2.39. The molecule has 5 rings (SSSR count). The Morgan fingerprint density at radius 3 is 2.39 bits per heavy atom. The molecule has 1 aromatic carbocycles. The number of benzene rings is 1. The van der Waals surface area contributed by atoms with Crippen LogP contribution in [0.25, 0.3) is 5.69 Å². The lowest BCUT2D eigenvalue weighted by molar-refractivity contribution is 0.242. The van der Waals surface area contributed by atoms with E-state index in [9.17, 15) is 22.0 Å². The SMILES string of the molecule is CC1(COc2c(N3CCN(S(=O)(=O)Cc4cn[nH]c4)CC3)cnn(-c3cc(F)cc(F)c3)c2=O)CC1. The van der Waals surface area contributed by atoms with Gasteiger partial charge in [0.2, 0.25) is 15.8 Å². The molecule has 1 saturated carbocycles. The summed E-state index contributed by atoms with van der Waals surface area (Å²) in [5, 5.41) is 10.5. The Hall–Kier alpha value is -3.32. The molecule has 192 valence electrons. The number of nitrogens with one attached hydrogen (secondary N) is 1. The van der Waals surface area contributed by atoms with Gasteiger partial charge in [-0.15, -0.1) is 0 Å². The maximum Gasteiger partial charge on any atom is 0.316 e. The van der Waals surface area contributed by atoms with Gasteiger partial charge in [-0.2, -0.15) is 19.2 Å². The van der Waals surface area contributed by atoms with Gasteiger partial charge in [-0.1, -0.05) is 6.92 Å². The van der Waals surface area contributed by atoms with Crippen molar-refractivity contribution in [2.24, 2.45) is 5.41 Å². The topological polar surface area (TPSA) is 113 Å². The Morgan fingerprint density at radius 2 is 1.78 bits per heavy atom. The normalized spacial score (nSPS) is 17.8. The van der Waals surface area contributed by atoms with Gasteiger partial charge in [-0.25, -0.2) is 17.2 Å². The number of H-pyrrole nitrogens is 1. The summed E-state index contributed by atoms with van der Waals surface area (Å²) in [4.78, 5) is 15.2. The number of ether oxygens (including phenoxy) is 1. The molecule has 0 bridgehead atoms. The molecule has 1 N–H and O–H groups in total. The van der Waals surface area contributed by atoms with E-state index >= 15 is 0 Å². The fourth-order valence-electron chi connectivity index (χ4n) is 4.11. The van der Waals surface area contributed by atoms with E-state index in [1.807, 2.05) is 4.90 Å². The highest BCUT2D eigenvalue weighted by Crippen LogP contribution is 2.45. The largest absolute Gasteiger partial charge is 0.486 e. The van der Waals surface area contributed by atoms with Crippen LogP contribution in [0, 0.1) is 17.0 Å². The minimum Gasteiger partial charge on any atom is -0.486 e. The van der Waals surface area contributed by atoms with Crippen molar-refractivity contribution in [3.8, 4) is 11.4 Å². The molecule has 10 nitrogen and oxygen atoms in total. The zero-order chi connectivity index (χ0) is 25.5. The number of anilines is 1. The summed E-state index contributed by atoms with van der Waals surface area (Å²) >= 11 is 0. The van der Waals surface area contributed by atoms with Gasteiger partial charge in [0.15, 0.2) is 0 Å². The van der Waals surface area contributed by atoms with Crippen LogP contribution in [0.2, 0.25) is 0 Å². The quantitative estimate of drug-likeness (QED) is 0.484. The Kier molecular flexibility index (Phi) is 6.29. The van der Waals surface area contributed by atoms with E-state index in [1.54, 1.807) is 6.20 Å². The monoisotopic (exact) mass is 520 g/mol. The Labute approximate surface area is 206 Å². The number of aromatic nitrogens is 4. The molecule has 0 unspecified atom stereocenters. The van der Waals surface area contributed by atoms with Crippen LogP contribution in [-0.4, -0.2) is 65.5 Å². The van der Waals surface area contributed by atoms with Crippen LogP contribution in [0.5, 0.6) is 5.75 Å². The number of rotatable bonds is 8. The van der Waals surface area contributed by atoms with Crippen LogP contribution in [-0.2, 0) is 15.8 Å². The predicted octanol–water partition coefficient (Wildman–Crippen LogP) is 2.06. The minimum absolute atomic E-state index is 0.0252. The third-order valence-electron chi connectivity index (χ3n) is 6.55. The molecule has 2 aliphatic rings. The van der Waals surface area contributed by atoms with Crippen molar-refractivity contribution in [2.75, 3.05) is 37.7 Å². The molecule has 2 fully saturated rings. The molecule has 3 heterocycles. The lowest BCUT2D eigenvalue weighted by Crippen LogP contribution is -2.49. The van der Waals surface area contributed by atoms with Crippen molar-refractivity contribution in [1.29, 1.82) is 0 Å². The first kappa shape index (κ1) is 24.4. The number of hydrogen-bond acceptors (Lipinski definition) is 7. The molecule has 1 aliphatic carbocycles. The zero-order valence-corrected chi connectivity index (χ0v) is 20.5. The number of nitrogens with zero attached hydrogens (tertiary/aromatic N) is 5. The van der Waals surface area contributed by atoms with Gasteiger partial charge in [0.1, 0.15) is 17.3 Å². The van der Waals surface area contributed by atoms with Crippen molar-refractivity contribution in [3.63, 3.8) is 0 Å². The maximum atomic E-state index is 13.8. The molecular formula is C23H26F2N6O4S. The number of aromatic amines is 1. The van der Waals surface area contributed by atoms with Gasteiger partial charge in [0.25, 0.3) is 0 Å². The summed E-state index contributed by atoms with van der Waals surface area (Å²) in [7, 11) is -3.54. The first-order chi connectivity index (χ1) is 17.1. The molecular weight excluding hydrogens is 494 g/mol. The van der Waals surface area contributed by atoms with E-state index in [4.69, 9.17) is 4.74 Å². The first-order valence-corrected chi connectivity index (χ1v) is 13.2. The van der Waals surface area contributed by atoms with E-state index in [-0.39, 0.29) is 35.7 Å². The van der Waals surface area contributed by atoms with Gasteiger partial charge in [0, 0.05) is 49.4 Å². The second-order valence-corrected chi connectivity index (χ2v) is 11.5. The second-order valence-electron chi connectivity index (χ2n) is 9.55. The summed E-state index contributed by atoms with van der Waals surface area (Å²) in [6.07, 6.45) is 6.39. The van der Waals surface area contributed by atoms with E-state index in [0.717, 1.165) is 29.7 Å². The molecule has 0 amide bonds. The highest BCUT2D eigenvalue weighted by molar-refractivity contribution is 7.88. The van der Waals surface area contributed by atoms with Gasteiger partial charge in [0.05, 0.1) is 30.4 Å². The molecule has 2 aromatic heterocycles. The van der Waals surface area contributed by atoms with E-state index in [1.165, 1.54) is 16.7 Å². The van der Waals surface area contributed by atoms with Gasteiger partial charge < -0.3 is 9.64 Å². The second kappa shape index (κ2) is 9.28. The predicted molar refractivity (Wildman–Crippen MR) is 128 cm³/mol. The van der Waals surface area contributed by atoms with Crippen molar-refractivity contribution >= 4 is 15.7 Å². The molecule has 1 aliphatic heterocycles. The summed E-state index contributed by atoms with van der Waals surface area (Å²) in [5.41, 5.74) is 0.272. The average molecular weight is 521 g/mol. The number of sulfonamides is 1. The minimum atomic E-state index is -3.54. The number of hydrogen-bond donors (Lipinski definition) is 1. The van der Waals surface area contributed by atoms with Crippen LogP contribution in [0.1, 0.15) is 25.3 Å². The first-order valence-electron chi connectivity index (χ1n) is 11.6. The molecule has 13 heteroatoms. The fourth-order valence-corrected chi connectivity index (χ4v) is 5.59. The van der Waals surface area contributed by atoms with Gasteiger partial charge in [-0.05, 0) is 25.0 Å². The fraction of sp³-hybridized carbons (Fsp3) is 0.435. The molecule has 0 atom stereocenters. The average Bonchev–Trinajstić information content (AvgIpc) is 3.35. The van der Waals surface area contributed by atoms with Crippen LogP contribution in [0.15, 0.2) is 41.6 Å². The summed E-state index contributed by atoms with van der Waals surface area (Å²) < 4.78 is 61.5. The van der Waals surface area contributed by atoms with Gasteiger partial charge >= 0.3 is 5.56 Å². The highest BCUT2D eigenvalue weighted by atomic mass is 32.2. The zero-order valence-electron chi connectivity index (χ0n) is 19.7. The van der Waals surface area contributed by atoms with Crippen LogP contribution in [0.3, 0.4) is 0 Å². The summed E-state index contributed by atoms with van der Waals surface area (Å²) in [6.45, 7) is 3.44. The smallest absolute Gasteiger partial charge is 0.316 e. The Morgan fingerprint density at radius 1 is 1.08 bits per heavy atom. The molecule has 3 aromatic rings. The summed E-state index contributed by atoms with van der Waals surface area (Å²) in [6, 6.07) is 2.76. The van der Waals surface area contributed by atoms with E-state index in [0.29, 0.717) is 37.0 Å². The van der Waals surface area contributed by atoms with Crippen LogP contribution < -0.4 is 15.2 Å². The Balaban J connectivity index is 1.40. The van der Waals surface area contributed by atoms with Crippen LogP contribution in [0.4, 0.5) is 14.5 Å². The van der Waals surface area contributed by atoms with Gasteiger partial charge in [-0.3, -0.25) is 9.89 Å². The lowest BCUT2D eigenvalue weighted by Gasteiger charge is -2.35. The molecule has 0 radical (unpaired) electrons. The Bertz CT molecular complexity index is 1390. The number of halogens is 2. The molecule has 1 saturated heterocycles. The van der Waals surface area contributed by atoms with Crippen molar-refractivity contribution in [2.45, 2.75) is 25.5 Å². The van der Waals surface area contributed by atoms with E-state index < -0.39 is 27.2 Å². The lowest BCUT2D eigenvalue weighted by atomic mass is 10.2. The molecule has 0 spiro atoms. The standard InChI is InChI=1S/C23H26F2N6O4S/c1-23(2-3-23)15-35-21-20(13-28-31(22(21)32)19-9-17(24)8-18(25)10-19)29-4-6-30(7-5-29)36(33,34)14-16-11-26-27-12-16/h8-13H,2-7,14-15H2,1H3,(H,26,27). The van der Waals surface area contributed by atoms with Crippen molar-refractivity contribution in [1.82, 2.24) is 24.3 Å². The molecule has 36 heavy (non-hydrogen) atoms. The van der Waals surface area contributed by atoms with E-state index in [2.05, 4.69) is 22.2 Å². The summed E-state index contributed by atoms with van der Waals surface area (Å²) in [5.74, 6) is -1.79. The van der Waals surface area contributed by atoms with Crippen molar-refractivity contribution in [3.05, 3.63) is 64.3 Å². The van der Waals surface area contributed by atoms with Crippen LogP contribution >= 0.6 is 0 Å². The van der Waals surface area contributed by atoms with Crippen molar-refractivity contribution < 1.29 is 21.9 Å². The maximum absolute atomic E-state index is 13.8. The third kappa shape index (κ3) is 5.12. The third-order valence-corrected chi connectivity index (χ3v) is 8.40.